The van der Waals surface area contributed by atoms with Crippen LogP contribution in [0.3, 0.4) is 0 Å². The van der Waals surface area contributed by atoms with Crippen LogP contribution < -0.4 is 10.3 Å². The standard InChI is InChI=1S/C43H29BN4/c1-4-12-30(13-5-1)35-24-25-38-37-18-10-11-19-39(37)44-27-26-36(29-48(44)40(38)28-35)31-20-22-34(23-21-31)43-46-41(32-14-6-2-7-15-32)45-42(47-43)33-16-8-3-9-17-33/h1-29H. The fraction of sp³-hybridized carbons (Fsp3) is 0. The molecule has 3 heterocycles. The lowest BCUT2D eigenvalue weighted by molar-refractivity contribution is 1.07. The number of nitrogens with zero attached hydrogens (tertiary/aromatic N) is 4. The minimum absolute atomic E-state index is 0.126. The predicted octanol–water partition coefficient (Wildman–Crippen LogP) is 9.38. The maximum Gasteiger partial charge on any atom is 0.320 e. The van der Waals surface area contributed by atoms with Crippen molar-refractivity contribution in [2.75, 3.05) is 4.81 Å². The first-order chi connectivity index (χ1) is 23.8. The Balaban J connectivity index is 1.10. The van der Waals surface area contributed by atoms with Crippen molar-refractivity contribution in [3.05, 3.63) is 182 Å². The summed E-state index contributed by atoms with van der Waals surface area (Å²) in [5.41, 5.74) is 12.6. The lowest BCUT2D eigenvalue weighted by Gasteiger charge is -2.37. The quantitative estimate of drug-likeness (QED) is 0.182. The van der Waals surface area contributed by atoms with E-state index in [2.05, 4.69) is 120 Å². The molecule has 0 unspecified atom stereocenters. The topological polar surface area (TPSA) is 41.9 Å². The number of anilines is 1. The van der Waals surface area contributed by atoms with Crippen molar-refractivity contribution >= 4 is 23.6 Å². The van der Waals surface area contributed by atoms with Crippen molar-refractivity contribution in [2.45, 2.75) is 0 Å². The van der Waals surface area contributed by atoms with Crippen molar-refractivity contribution in [3.63, 3.8) is 0 Å². The first-order valence-electron chi connectivity index (χ1n) is 16.2. The lowest BCUT2D eigenvalue weighted by Crippen LogP contribution is -2.49. The van der Waals surface area contributed by atoms with Crippen molar-refractivity contribution < 1.29 is 0 Å². The molecule has 4 nitrogen and oxygen atoms in total. The van der Waals surface area contributed by atoms with Crippen molar-refractivity contribution in [3.8, 4) is 56.4 Å². The second kappa shape index (κ2) is 11.8. The molecule has 5 heteroatoms. The van der Waals surface area contributed by atoms with E-state index in [-0.39, 0.29) is 6.85 Å². The third-order valence-electron chi connectivity index (χ3n) is 9.16. The van der Waals surface area contributed by atoms with Gasteiger partial charge in [0.05, 0.1) is 0 Å². The van der Waals surface area contributed by atoms with Crippen molar-refractivity contribution in [1.82, 2.24) is 15.0 Å². The Morgan fingerprint density at radius 3 is 1.54 bits per heavy atom. The smallest absolute Gasteiger partial charge is 0.320 e. The first kappa shape index (κ1) is 27.9. The van der Waals surface area contributed by atoms with Crippen LogP contribution in [0, 0.1) is 0 Å². The Labute approximate surface area is 280 Å². The summed E-state index contributed by atoms with van der Waals surface area (Å²) in [5.74, 6) is 4.29. The van der Waals surface area contributed by atoms with Gasteiger partial charge in [-0.25, -0.2) is 15.0 Å². The highest BCUT2D eigenvalue weighted by Gasteiger charge is 2.34. The van der Waals surface area contributed by atoms with Gasteiger partial charge >= 0.3 is 6.85 Å². The molecular weight excluding hydrogens is 583 g/mol. The lowest BCUT2D eigenvalue weighted by atomic mass is 9.49. The molecule has 0 radical (unpaired) electrons. The summed E-state index contributed by atoms with van der Waals surface area (Å²) in [6.45, 7) is 0.126. The number of allylic oxidation sites excluding steroid dienone is 2. The number of hydrogen-bond acceptors (Lipinski definition) is 4. The van der Waals surface area contributed by atoms with Gasteiger partial charge in [0, 0.05) is 27.9 Å². The second-order valence-electron chi connectivity index (χ2n) is 12.1. The predicted molar refractivity (Wildman–Crippen MR) is 198 cm³/mol. The molecule has 2 aliphatic heterocycles. The average Bonchev–Trinajstić information content (AvgIpc) is 3.18. The minimum atomic E-state index is 0.126. The van der Waals surface area contributed by atoms with E-state index in [9.17, 15) is 0 Å². The number of rotatable bonds is 5. The molecule has 0 aliphatic carbocycles. The van der Waals surface area contributed by atoms with Crippen LogP contribution in [0.5, 0.6) is 0 Å². The minimum Gasteiger partial charge on any atom is -0.382 e. The third kappa shape index (κ3) is 5.02. The molecule has 0 spiro atoms. The molecule has 1 aromatic heterocycles. The normalized spacial score (nSPS) is 13.0. The summed E-state index contributed by atoms with van der Waals surface area (Å²) in [6.07, 6.45) is 4.55. The number of aromatic nitrogens is 3. The largest absolute Gasteiger partial charge is 0.382 e. The van der Waals surface area contributed by atoms with Gasteiger partial charge in [0.15, 0.2) is 17.5 Å². The Bertz CT molecular complexity index is 2280. The second-order valence-corrected chi connectivity index (χ2v) is 12.1. The van der Waals surface area contributed by atoms with E-state index >= 15 is 0 Å². The van der Waals surface area contributed by atoms with Crippen LogP contribution in [0.1, 0.15) is 5.56 Å². The molecule has 7 aromatic rings. The molecule has 6 aromatic carbocycles. The average molecular weight is 613 g/mol. The van der Waals surface area contributed by atoms with Crippen molar-refractivity contribution in [1.29, 1.82) is 0 Å². The van der Waals surface area contributed by atoms with E-state index < -0.39 is 0 Å². The Hall–Kier alpha value is -6.33. The van der Waals surface area contributed by atoms with E-state index in [0.29, 0.717) is 17.5 Å². The molecule has 0 N–H and O–H groups in total. The van der Waals surface area contributed by atoms with Gasteiger partial charge in [-0.2, -0.15) is 0 Å². The van der Waals surface area contributed by atoms with Crippen LogP contribution in [-0.2, 0) is 0 Å². The zero-order valence-corrected chi connectivity index (χ0v) is 26.1. The SMILES string of the molecule is C1=CC(c2ccc(-c3nc(-c4ccccc4)nc(-c4ccccc4)n3)cc2)=CN2B1c1ccccc1-c1ccc(-c3ccccc3)cc12. The Morgan fingerprint density at radius 2 is 0.917 bits per heavy atom. The molecule has 9 rings (SSSR count). The molecule has 0 saturated heterocycles. The molecule has 0 amide bonds. The fourth-order valence-electron chi connectivity index (χ4n) is 6.74. The maximum absolute atomic E-state index is 4.92. The van der Waals surface area contributed by atoms with Crippen LogP contribution in [0.4, 0.5) is 5.69 Å². The number of fused-ring (bicyclic) bond motifs is 6. The highest BCUT2D eigenvalue weighted by molar-refractivity contribution is 6.84. The highest BCUT2D eigenvalue weighted by Crippen LogP contribution is 2.40. The van der Waals surface area contributed by atoms with Crippen LogP contribution in [0.25, 0.3) is 62.0 Å². The Morgan fingerprint density at radius 1 is 0.417 bits per heavy atom. The molecule has 2 aliphatic rings. The Kier molecular flexibility index (Phi) is 6.87. The van der Waals surface area contributed by atoms with E-state index in [1.54, 1.807) is 0 Å². The zero-order valence-electron chi connectivity index (χ0n) is 26.1. The van der Waals surface area contributed by atoms with Gasteiger partial charge in [0.25, 0.3) is 0 Å². The van der Waals surface area contributed by atoms with Gasteiger partial charge in [0.2, 0.25) is 0 Å². The molecular formula is C43H29BN4. The fourth-order valence-corrected chi connectivity index (χ4v) is 6.74. The zero-order chi connectivity index (χ0) is 31.9. The molecule has 48 heavy (non-hydrogen) atoms. The van der Waals surface area contributed by atoms with Crippen LogP contribution >= 0.6 is 0 Å². The molecule has 0 atom stereocenters. The van der Waals surface area contributed by atoms with E-state index in [0.717, 1.165) is 27.8 Å². The summed E-state index contributed by atoms with van der Waals surface area (Å²) in [6, 6.07) is 54.9. The van der Waals surface area contributed by atoms with Gasteiger partial charge in [-0.05, 0) is 45.6 Å². The van der Waals surface area contributed by atoms with Crippen molar-refractivity contribution in [2.24, 2.45) is 0 Å². The van der Waals surface area contributed by atoms with Crippen LogP contribution in [0.2, 0.25) is 0 Å². The number of benzene rings is 6. The highest BCUT2D eigenvalue weighted by atomic mass is 15.1. The molecule has 0 saturated carbocycles. The first-order valence-corrected chi connectivity index (χ1v) is 16.2. The number of hydrogen-bond donors (Lipinski definition) is 0. The molecule has 224 valence electrons. The molecule has 0 bridgehead atoms. The van der Waals surface area contributed by atoms with Crippen LogP contribution in [0.15, 0.2) is 176 Å². The monoisotopic (exact) mass is 612 g/mol. The van der Waals surface area contributed by atoms with E-state index in [4.69, 9.17) is 15.0 Å². The summed E-state index contributed by atoms with van der Waals surface area (Å²) < 4.78 is 0. The van der Waals surface area contributed by atoms with E-state index in [1.807, 2.05) is 60.7 Å². The van der Waals surface area contributed by atoms with Gasteiger partial charge < -0.3 is 4.81 Å². The van der Waals surface area contributed by atoms with Gasteiger partial charge in [-0.1, -0.05) is 164 Å². The summed E-state index contributed by atoms with van der Waals surface area (Å²) in [7, 11) is 0. The summed E-state index contributed by atoms with van der Waals surface area (Å²) in [4.78, 5) is 17.1. The van der Waals surface area contributed by atoms with Gasteiger partial charge in [-0.3, -0.25) is 0 Å². The summed E-state index contributed by atoms with van der Waals surface area (Å²) >= 11 is 0. The van der Waals surface area contributed by atoms with Crippen LogP contribution in [-0.4, -0.2) is 21.8 Å². The van der Waals surface area contributed by atoms with E-state index in [1.165, 1.54) is 33.4 Å². The van der Waals surface area contributed by atoms with Gasteiger partial charge in [-0.15, -0.1) is 0 Å². The van der Waals surface area contributed by atoms with Gasteiger partial charge in [0.1, 0.15) is 0 Å². The third-order valence-corrected chi connectivity index (χ3v) is 9.16. The molecule has 0 fully saturated rings. The summed E-state index contributed by atoms with van der Waals surface area (Å²) in [5, 5.41) is 0. The maximum atomic E-state index is 4.92.